The Kier molecular flexibility index (Phi) is 4.80. The van der Waals surface area contributed by atoms with Crippen LogP contribution in [0.4, 0.5) is 5.69 Å². The molecule has 2 aliphatic rings. The van der Waals surface area contributed by atoms with E-state index >= 15 is 0 Å². The number of nitrogens with zero attached hydrogens (tertiary/aromatic N) is 2. The van der Waals surface area contributed by atoms with Crippen LogP contribution in [0.25, 0.3) is 0 Å². The van der Waals surface area contributed by atoms with Gasteiger partial charge in [-0.2, -0.15) is 0 Å². The molecule has 0 bridgehead atoms. The standard InChI is InChI=1S/C21H20ClN3O4/c1-3-10-29-18-9-8-13(11-16(18)22)14-12-24(2)21(19(14)25(27)28)15-6-4-5-7-17(15)23-20(21)26/h3-9,11,14,19H,1,10,12H2,2H3,(H,23,26)/t14-,19-,21-/m0/s1. The molecule has 7 nitrogen and oxygen atoms in total. The first-order valence-corrected chi connectivity index (χ1v) is 9.58. The third kappa shape index (κ3) is 2.81. The number of amides is 1. The van der Waals surface area contributed by atoms with Gasteiger partial charge in [-0.1, -0.05) is 48.5 Å². The van der Waals surface area contributed by atoms with Gasteiger partial charge in [0, 0.05) is 22.7 Å². The molecule has 0 radical (unpaired) electrons. The van der Waals surface area contributed by atoms with E-state index in [0.717, 1.165) is 0 Å². The SMILES string of the molecule is C=CCOc1ccc([C@@H]2CN(C)[C@]3(C(=O)Nc4ccccc43)[C@H]2[N+](=O)[O-])cc1Cl. The van der Waals surface area contributed by atoms with Crippen molar-refractivity contribution in [1.82, 2.24) is 4.90 Å². The van der Waals surface area contributed by atoms with Gasteiger partial charge in [-0.15, -0.1) is 0 Å². The molecule has 0 aliphatic carbocycles. The summed E-state index contributed by atoms with van der Waals surface area (Å²) in [6.45, 7) is 4.26. The van der Waals surface area contributed by atoms with Crippen LogP contribution in [0.3, 0.4) is 0 Å². The average molecular weight is 414 g/mol. The summed E-state index contributed by atoms with van der Waals surface area (Å²) in [5.74, 6) is -0.404. The molecule has 150 valence electrons. The van der Waals surface area contributed by atoms with Crippen molar-refractivity contribution in [2.24, 2.45) is 0 Å². The molecule has 4 rings (SSSR count). The fraction of sp³-hybridized carbons (Fsp3) is 0.286. The maximum Gasteiger partial charge on any atom is 0.256 e. The molecule has 2 aliphatic heterocycles. The maximum absolute atomic E-state index is 13.1. The summed E-state index contributed by atoms with van der Waals surface area (Å²) in [6.07, 6.45) is 1.61. The van der Waals surface area contributed by atoms with Gasteiger partial charge in [0.2, 0.25) is 0 Å². The summed E-state index contributed by atoms with van der Waals surface area (Å²) in [5, 5.41) is 15.5. The van der Waals surface area contributed by atoms with E-state index in [4.69, 9.17) is 16.3 Å². The van der Waals surface area contributed by atoms with Crippen LogP contribution in [0.2, 0.25) is 5.02 Å². The molecule has 8 heteroatoms. The lowest BCUT2D eigenvalue weighted by Crippen LogP contribution is -2.54. The summed E-state index contributed by atoms with van der Waals surface area (Å²) in [5.41, 5.74) is 0.579. The first-order valence-electron chi connectivity index (χ1n) is 9.20. The highest BCUT2D eigenvalue weighted by atomic mass is 35.5. The van der Waals surface area contributed by atoms with Gasteiger partial charge in [0.05, 0.1) is 10.9 Å². The second-order valence-electron chi connectivity index (χ2n) is 7.27. The van der Waals surface area contributed by atoms with Crippen LogP contribution in [0, 0.1) is 10.1 Å². The van der Waals surface area contributed by atoms with Crippen LogP contribution >= 0.6 is 11.6 Å². The Morgan fingerprint density at radius 3 is 2.86 bits per heavy atom. The van der Waals surface area contributed by atoms with Crippen molar-refractivity contribution in [3.05, 3.63) is 81.4 Å². The van der Waals surface area contributed by atoms with Gasteiger partial charge in [0.15, 0.2) is 5.54 Å². The largest absolute Gasteiger partial charge is 0.488 e. The normalized spacial score (nSPS) is 25.7. The van der Waals surface area contributed by atoms with E-state index in [9.17, 15) is 14.9 Å². The summed E-state index contributed by atoms with van der Waals surface area (Å²) < 4.78 is 5.50. The third-order valence-corrected chi connectivity index (χ3v) is 6.08. The van der Waals surface area contributed by atoms with Gasteiger partial charge in [-0.05, 0) is 30.8 Å². The maximum atomic E-state index is 13.1. The Balaban J connectivity index is 1.80. The smallest absolute Gasteiger partial charge is 0.256 e. The molecule has 2 heterocycles. The molecule has 29 heavy (non-hydrogen) atoms. The molecule has 1 saturated heterocycles. The number of carbonyl (C=O) groups excluding carboxylic acids is 1. The number of fused-ring (bicyclic) bond motifs is 2. The fourth-order valence-electron chi connectivity index (χ4n) is 4.59. The first-order chi connectivity index (χ1) is 13.9. The Labute approximate surface area is 173 Å². The number of likely N-dealkylation sites (N-methyl/N-ethyl adjacent to an activating group) is 1. The fourth-order valence-corrected chi connectivity index (χ4v) is 4.84. The molecule has 2 aromatic rings. The second kappa shape index (κ2) is 7.17. The van der Waals surface area contributed by atoms with Crippen molar-refractivity contribution in [2.75, 3.05) is 25.5 Å². The first kappa shape index (κ1) is 19.4. The highest BCUT2D eigenvalue weighted by Gasteiger charge is 2.68. The van der Waals surface area contributed by atoms with E-state index in [1.807, 2.05) is 0 Å². The monoisotopic (exact) mass is 413 g/mol. The number of anilines is 1. The minimum atomic E-state index is -1.37. The van der Waals surface area contributed by atoms with E-state index in [1.54, 1.807) is 60.5 Å². The van der Waals surface area contributed by atoms with Crippen molar-refractivity contribution in [3.8, 4) is 5.75 Å². The lowest BCUT2D eigenvalue weighted by Gasteiger charge is -2.30. The zero-order valence-corrected chi connectivity index (χ0v) is 16.6. The number of likely N-dealkylation sites (tertiary alicyclic amines) is 1. The second-order valence-corrected chi connectivity index (χ2v) is 7.68. The van der Waals surface area contributed by atoms with Gasteiger partial charge >= 0.3 is 0 Å². The van der Waals surface area contributed by atoms with Crippen LogP contribution in [0.15, 0.2) is 55.1 Å². The number of hydrogen-bond acceptors (Lipinski definition) is 5. The van der Waals surface area contributed by atoms with Crippen molar-refractivity contribution in [1.29, 1.82) is 0 Å². The molecular weight excluding hydrogens is 394 g/mol. The lowest BCUT2D eigenvalue weighted by molar-refractivity contribution is -0.534. The third-order valence-electron chi connectivity index (χ3n) is 5.78. The van der Waals surface area contributed by atoms with Crippen molar-refractivity contribution >= 4 is 23.2 Å². The number of nitro groups is 1. The highest BCUT2D eigenvalue weighted by molar-refractivity contribution is 6.32. The zero-order valence-electron chi connectivity index (χ0n) is 15.8. The van der Waals surface area contributed by atoms with Crippen LogP contribution in [0.5, 0.6) is 5.75 Å². The Hall–Kier alpha value is -2.90. The number of halogens is 1. The van der Waals surface area contributed by atoms with E-state index in [0.29, 0.717) is 40.7 Å². The zero-order chi connectivity index (χ0) is 20.8. The number of ether oxygens (including phenoxy) is 1. The quantitative estimate of drug-likeness (QED) is 0.461. The van der Waals surface area contributed by atoms with Gasteiger partial charge in [0.25, 0.3) is 11.9 Å². The molecule has 1 amide bonds. The molecular formula is C21H20ClN3O4. The lowest BCUT2D eigenvalue weighted by atomic mass is 9.79. The molecule has 1 N–H and O–H groups in total. The molecule has 1 spiro atoms. The van der Waals surface area contributed by atoms with E-state index in [-0.39, 0.29) is 10.8 Å². The van der Waals surface area contributed by atoms with E-state index in [2.05, 4.69) is 11.9 Å². The molecule has 1 fully saturated rings. The van der Waals surface area contributed by atoms with Gasteiger partial charge in [-0.25, -0.2) is 0 Å². The van der Waals surface area contributed by atoms with Crippen molar-refractivity contribution in [3.63, 3.8) is 0 Å². The van der Waals surface area contributed by atoms with E-state index < -0.39 is 17.5 Å². The van der Waals surface area contributed by atoms with Crippen molar-refractivity contribution in [2.45, 2.75) is 17.5 Å². The van der Waals surface area contributed by atoms with Crippen LogP contribution in [0.1, 0.15) is 17.0 Å². The topological polar surface area (TPSA) is 84.7 Å². The molecule has 0 aromatic heterocycles. The summed E-state index contributed by atoms with van der Waals surface area (Å²) >= 11 is 6.35. The Morgan fingerprint density at radius 1 is 1.41 bits per heavy atom. The molecule has 2 aromatic carbocycles. The Bertz CT molecular complexity index is 1010. The predicted octanol–water partition coefficient (Wildman–Crippen LogP) is 3.43. The van der Waals surface area contributed by atoms with Gasteiger partial charge < -0.3 is 10.1 Å². The number of benzene rings is 2. The number of carbonyl (C=O) groups is 1. The average Bonchev–Trinajstić information content (AvgIpc) is 3.17. The van der Waals surface area contributed by atoms with E-state index in [1.165, 1.54) is 0 Å². The van der Waals surface area contributed by atoms with Crippen LogP contribution in [-0.2, 0) is 10.3 Å². The minimum Gasteiger partial charge on any atom is -0.488 e. The summed E-state index contributed by atoms with van der Waals surface area (Å²) in [6, 6.07) is 11.1. The van der Waals surface area contributed by atoms with Crippen LogP contribution in [-0.4, -0.2) is 42.0 Å². The summed E-state index contributed by atoms with van der Waals surface area (Å²) in [4.78, 5) is 26.8. The number of rotatable bonds is 5. The number of nitrogens with one attached hydrogen (secondary N) is 1. The van der Waals surface area contributed by atoms with Crippen LogP contribution < -0.4 is 10.1 Å². The van der Waals surface area contributed by atoms with Crippen molar-refractivity contribution < 1.29 is 14.5 Å². The summed E-state index contributed by atoms with van der Waals surface area (Å²) in [7, 11) is 1.75. The Morgan fingerprint density at radius 2 is 2.17 bits per heavy atom. The minimum absolute atomic E-state index is 0.308. The van der Waals surface area contributed by atoms with Gasteiger partial charge in [-0.3, -0.25) is 19.8 Å². The van der Waals surface area contributed by atoms with Gasteiger partial charge in [0.1, 0.15) is 12.4 Å². The number of hydrogen-bond donors (Lipinski definition) is 1. The molecule has 0 unspecified atom stereocenters. The molecule has 0 saturated carbocycles. The number of para-hydroxylation sites is 1. The predicted molar refractivity (Wildman–Crippen MR) is 110 cm³/mol. The highest BCUT2D eigenvalue weighted by Crippen LogP contribution is 2.52. The molecule has 3 atom stereocenters.